The van der Waals surface area contributed by atoms with Gasteiger partial charge in [-0.3, -0.25) is 4.79 Å². The summed E-state index contributed by atoms with van der Waals surface area (Å²) in [5.74, 6) is 1.08. The van der Waals surface area contributed by atoms with Crippen LogP contribution in [0.15, 0.2) is 23.1 Å². The molecular formula is C22H32N2O5S. The molecule has 3 aliphatic rings. The smallest absolute Gasteiger partial charge is 0.261 e. The minimum Gasteiger partial charge on any atom is -0.480 e. The number of carbonyl (C=O) groups excluding carboxylic acids is 1. The van der Waals surface area contributed by atoms with Crippen molar-refractivity contribution in [3.63, 3.8) is 0 Å². The standard InChI is InChI=1S/C22H32N2O5S/c25-22(23-10-7-17-8-13-28-14-9-17)21-16-18-15-19(5-6-20(18)29-21)30(26,27)24-11-3-1-2-4-12-24/h5-6,15,17,21H,1-4,7-14,16H2,(H,23,25). The minimum absolute atomic E-state index is 0.129. The average molecular weight is 437 g/mol. The Morgan fingerprint density at radius 3 is 2.57 bits per heavy atom. The highest BCUT2D eigenvalue weighted by atomic mass is 32.2. The number of nitrogens with one attached hydrogen (secondary N) is 1. The molecule has 0 aromatic heterocycles. The van der Waals surface area contributed by atoms with Crippen molar-refractivity contribution in [2.75, 3.05) is 32.8 Å². The summed E-state index contributed by atoms with van der Waals surface area (Å²) in [6.07, 6.45) is 6.84. The quantitative estimate of drug-likeness (QED) is 0.741. The van der Waals surface area contributed by atoms with E-state index in [-0.39, 0.29) is 5.91 Å². The van der Waals surface area contributed by atoms with Gasteiger partial charge in [0.1, 0.15) is 5.75 Å². The number of amides is 1. The van der Waals surface area contributed by atoms with Gasteiger partial charge in [0.25, 0.3) is 5.91 Å². The van der Waals surface area contributed by atoms with Gasteiger partial charge in [-0.2, -0.15) is 4.31 Å². The predicted octanol–water partition coefficient (Wildman–Crippen LogP) is 2.49. The molecule has 3 aliphatic heterocycles. The van der Waals surface area contributed by atoms with Crippen LogP contribution >= 0.6 is 0 Å². The Bertz CT molecular complexity index is 843. The number of benzene rings is 1. The summed E-state index contributed by atoms with van der Waals surface area (Å²) in [7, 11) is -3.50. The summed E-state index contributed by atoms with van der Waals surface area (Å²) in [5, 5.41) is 2.98. The zero-order chi connectivity index (χ0) is 21.0. The third-order valence-electron chi connectivity index (χ3n) is 6.39. The number of nitrogens with zero attached hydrogens (tertiary/aromatic N) is 1. The van der Waals surface area contributed by atoms with E-state index in [2.05, 4.69) is 5.32 Å². The van der Waals surface area contributed by atoms with Gasteiger partial charge in [-0.15, -0.1) is 0 Å². The molecular weight excluding hydrogens is 404 g/mol. The van der Waals surface area contributed by atoms with Crippen LogP contribution in [0.2, 0.25) is 0 Å². The first-order valence-corrected chi connectivity index (χ1v) is 12.6. The van der Waals surface area contributed by atoms with Gasteiger partial charge in [0.15, 0.2) is 6.10 Å². The van der Waals surface area contributed by atoms with Crippen LogP contribution < -0.4 is 10.1 Å². The van der Waals surface area contributed by atoms with Gasteiger partial charge in [-0.1, -0.05) is 12.8 Å². The Morgan fingerprint density at radius 2 is 1.83 bits per heavy atom. The molecule has 166 valence electrons. The monoisotopic (exact) mass is 436 g/mol. The number of ether oxygens (including phenoxy) is 2. The van der Waals surface area contributed by atoms with Gasteiger partial charge in [0.2, 0.25) is 10.0 Å². The van der Waals surface area contributed by atoms with Gasteiger partial charge < -0.3 is 14.8 Å². The van der Waals surface area contributed by atoms with Gasteiger partial charge in [-0.25, -0.2) is 8.42 Å². The zero-order valence-corrected chi connectivity index (χ0v) is 18.3. The highest BCUT2D eigenvalue weighted by Gasteiger charge is 2.32. The van der Waals surface area contributed by atoms with Crippen LogP contribution in [-0.4, -0.2) is 57.6 Å². The van der Waals surface area contributed by atoms with Crippen LogP contribution in [0.1, 0.15) is 50.5 Å². The van der Waals surface area contributed by atoms with Crippen molar-refractivity contribution >= 4 is 15.9 Å². The van der Waals surface area contributed by atoms with E-state index in [1.807, 2.05) is 0 Å². The highest BCUT2D eigenvalue weighted by Crippen LogP contribution is 2.32. The zero-order valence-electron chi connectivity index (χ0n) is 17.5. The van der Waals surface area contributed by atoms with E-state index >= 15 is 0 Å². The van der Waals surface area contributed by atoms with E-state index in [4.69, 9.17) is 9.47 Å². The van der Waals surface area contributed by atoms with Gasteiger partial charge in [-0.05, 0) is 61.8 Å². The molecule has 3 heterocycles. The lowest BCUT2D eigenvalue weighted by atomic mass is 9.96. The van der Waals surface area contributed by atoms with Crippen molar-refractivity contribution in [3.8, 4) is 5.75 Å². The SMILES string of the molecule is O=C(NCCC1CCOCC1)C1Cc2cc(S(=O)(=O)N3CCCCCC3)ccc2O1. The first-order valence-electron chi connectivity index (χ1n) is 11.2. The maximum Gasteiger partial charge on any atom is 0.261 e. The summed E-state index contributed by atoms with van der Waals surface area (Å²) in [5.41, 5.74) is 0.787. The second-order valence-corrected chi connectivity index (χ2v) is 10.5. The number of carbonyl (C=O) groups is 1. The second kappa shape index (κ2) is 9.66. The molecule has 1 amide bonds. The molecule has 0 bridgehead atoms. The maximum absolute atomic E-state index is 13.0. The molecule has 30 heavy (non-hydrogen) atoms. The molecule has 1 aromatic rings. The van der Waals surface area contributed by atoms with Crippen LogP contribution in [-0.2, 0) is 26.0 Å². The summed E-state index contributed by atoms with van der Waals surface area (Å²) in [4.78, 5) is 12.8. The Hall–Kier alpha value is -1.64. The molecule has 1 atom stereocenters. The fourth-order valence-electron chi connectivity index (χ4n) is 4.51. The van der Waals surface area contributed by atoms with Crippen LogP contribution in [0.25, 0.3) is 0 Å². The summed E-state index contributed by atoms with van der Waals surface area (Å²) < 4.78 is 38.9. The third-order valence-corrected chi connectivity index (χ3v) is 8.29. The highest BCUT2D eigenvalue weighted by molar-refractivity contribution is 7.89. The Kier molecular flexibility index (Phi) is 6.95. The largest absolute Gasteiger partial charge is 0.480 e. The van der Waals surface area contributed by atoms with E-state index in [1.54, 1.807) is 22.5 Å². The summed E-state index contributed by atoms with van der Waals surface area (Å²) >= 11 is 0. The number of fused-ring (bicyclic) bond motifs is 1. The lowest BCUT2D eigenvalue weighted by Crippen LogP contribution is -2.38. The summed E-state index contributed by atoms with van der Waals surface area (Å²) in [6, 6.07) is 4.98. The summed E-state index contributed by atoms with van der Waals surface area (Å²) in [6.45, 7) is 3.40. The van der Waals surface area contributed by atoms with E-state index in [9.17, 15) is 13.2 Å². The van der Waals surface area contributed by atoms with Crippen molar-refractivity contribution in [2.24, 2.45) is 5.92 Å². The Morgan fingerprint density at radius 1 is 1.10 bits per heavy atom. The molecule has 7 nitrogen and oxygen atoms in total. The Labute approximate surface area is 179 Å². The molecule has 1 aromatic carbocycles. The van der Waals surface area contributed by atoms with Gasteiger partial charge in [0.05, 0.1) is 4.90 Å². The first kappa shape index (κ1) is 21.6. The fourth-order valence-corrected chi connectivity index (χ4v) is 6.08. The molecule has 1 N–H and O–H groups in total. The lowest BCUT2D eigenvalue weighted by Gasteiger charge is -2.22. The molecule has 0 radical (unpaired) electrons. The van der Waals surface area contributed by atoms with Crippen molar-refractivity contribution < 1.29 is 22.7 Å². The molecule has 2 fully saturated rings. The molecule has 8 heteroatoms. The molecule has 0 aliphatic carbocycles. The lowest BCUT2D eigenvalue weighted by molar-refractivity contribution is -0.127. The Balaban J connectivity index is 1.34. The van der Waals surface area contributed by atoms with Crippen molar-refractivity contribution in [1.29, 1.82) is 0 Å². The molecule has 2 saturated heterocycles. The van der Waals surface area contributed by atoms with Gasteiger partial charge >= 0.3 is 0 Å². The normalized spacial score (nSPS) is 23.4. The number of hydrogen-bond donors (Lipinski definition) is 1. The van der Waals surface area contributed by atoms with Crippen molar-refractivity contribution in [3.05, 3.63) is 23.8 Å². The van der Waals surface area contributed by atoms with Crippen LogP contribution in [0.3, 0.4) is 0 Å². The molecule has 0 spiro atoms. The van der Waals surface area contributed by atoms with E-state index in [0.29, 0.717) is 42.6 Å². The van der Waals surface area contributed by atoms with E-state index in [1.165, 1.54) is 0 Å². The van der Waals surface area contributed by atoms with Crippen molar-refractivity contribution in [2.45, 2.75) is 62.4 Å². The second-order valence-electron chi connectivity index (χ2n) is 8.53. The van der Waals surface area contributed by atoms with Crippen molar-refractivity contribution in [1.82, 2.24) is 9.62 Å². The van der Waals surface area contributed by atoms with Crippen LogP contribution in [0.4, 0.5) is 0 Å². The number of hydrogen-bond acceptors (Lipinski definition) is 5. The molecule has 0 saturated carbocycles. The van der Waals surface area contributed by atoms with E-state index < -0.39 is 16.1 Å². The fraction of sp³-hybridized carbons (Fsp3) is 0.682. The first-order chi connectivity index (χ1) is 14.5. The maximum atomic E-state index is 13.0. The average Bonchev–Trinajstić information content (AvgIpc) is 2.98. The third kappa shape index (κ3) is 4.98. The number of sulfonamides is 1. The minimum atomic E-state index is -3.50. The molecule has 1 unspecified atom stereocenters. The van der Waals surface area contributed by atoms with Gasteiger partial charge in [0, 0.05) is 39.3 Å². The van der Waals surface area contributed by atoms with Crippen LogP contribution in [0.5, 0.6) is 5.75 Å². The topological polar surface area (TPSA) is 84.9 Å². The number of rotatable bonds is 6. The van der Waals surface area contributed by atoms with E-state index in [0.717, 1.165) is 63.7 Å². The van der Waals surface area contributed by atoms with Crippen LogP contribution in [0, 0.1) is 5.92 Å². The molecule has 4 rings (SSSR count). The predicted molar refractivity (Wildman–Crippen MR) is 113 cm³/mol.